The van der Waals surface area contributed by atoms with Gasteiger partial charge in [-0.15, -0.1) is 0 Å². The van der Waals surface area contributed by atoms with Crippen molar-refractivity contribution in [2.75, 3.05) is 0 Å². The molecule has 0 atom stereocenters. The van der Waals surface area contributed by atoms with Gasteiger partial charge in [-0.2, -0.15) is 0 Å². The van der Waals surface area contributed by atoms with E-state index < -0.39 is 0 Å². The molecule has 1 aromatic carbocycles. The van der Waals surface area contributed by atoms with E-state index in [2.05, 4.69) is 79.4 Å². The second-order valence-corrected chi connectivity index (χ2v) is 6.48. The Labute approximate surface area is 129 Å². The second-order valence-electron chi connectivity index (χ2n) is 6.48. The van der Waals surface area contributed by atoms with Crippen LogP contribution < -0.4 is 5.32 Å². The summed E-state index contributed by atoms with van der Waals surface area (Å²) in [6, 6.07) is 12.9. The molecule has 0 spiro atoms. The highest BCUT2D eigenvalue weighted by Crippen LogP contribution is 2.15. The van der Waals surface area contributed by atoms with E-state index in [1.807, 2.05) is 0 Å². The summed E-state index contributed by atoms with van der Waals surface area (Å²) in [6.07, 6.45) is 7.88. The van der Waals surface area contributed by atoms with Gasteiger partial charge in [0.25, 0.3) is 0 Å². The summed E-state index contributed by atoms with van der Waals surface area (Å²) in [6.45, 7) is 8.85. The van der Waals surface area contributed by atoms with Crippen LogP contribution in [0, 0.1) is 0 Å². The third kappa shape index (κ3) is 5.39. The van der Waals surface area contributed by atoms with Crippen molar-refractivity contribution in [3.8, 4) is 0 Å². The van der Waals surface area contributed by atoms with E-state index >= 15 is 0 Å². The zero-order valence-electron chi connectivity index (χ0n) is 13.6. The number of aryl methyl sites for hydroxylation is 2. The molecular weight excluding hydrogens is 256 g/mol. The Hall–Kier alpha value is -1.54. The molecule has 21 heavy (non-hydrogen) atoms. The predicted molar refractivity (Wildman–Crippen MR) is 90.4 cm³/mol. The van der Waals surface area contributed by atoms with Crippen LogP contribution in [-0.4, -0.2) is 10.1 Å². The lowest BCUT2D eigenvalue weighted by Crippen LogP contribution is -2.39. The largest absolute Gasteiger partial charge is 0.354 e. The van der Waals surface area contributed by atoms with E-state index in [4.69, 9.17) is 0 Å². The van der Waals surface area contributed by atoms with E-state index in [0.717, 1.165) is 25.9 Å². The monoisotopic (exact) mass is 284 g/mol. The number of nitrogens with one attached hydrogen (secondary N) is 1. The molecule has 0 aliphatic rings. The summed E-state index contributed by atoms with van der Waals surface area (Å²) < 4.78 is 2.27. The van der Waals surface area contributed by atoms with Gasteiger partial charge in [-0.25, -0.2) is 0 Å². The van der Waals surface area contributed by atoms with Crippen LogP contribution in [0.1, 0.15) is 44.7 Å². The molecule has 2 heteroatoms. The molecule has 1 heterocycles. The zero-order chi connectivity index (χ0) is 15.1. The van der Waals surface area contributed by atoms with Crippen LogP contribution >= 0.6 is 0 Å². The molecule has 2 nitrogen and oxygen atoms in total. The number of benzene rings is 1. The fraction of sp³-hybridized carbons (Fsp3) is 0.474. The first-order chi connectivity index (χ1) is 10.1. The van der Waals surface area contributed by atoms with Gasteiger partial charge >= 0.3 is 0 Å². The fourth-order valence-corrected chi connectivity index (χ4v) is 2.52. The lowest BCUT2D eigenvalue weighted by atomic mass is 9.95. The average molecular weight is 284 g/mol. The van der Waals surface area contributed by atoms with Gasteiger partial charge in [0.15, 0.2) is 0 Å². The van der Waals surface area contributed by atoms with Gasteiger partial charge in [0.05, 0.1) is 0 Å². The first kappa shape index (κ1) is 15.8. The van der Waals surface area contributed by atoms with Gasteiger partial charge in [-0.05, 0) is 50.3 Å². The number of aromatic nitrogens is 1. The fourth-order valence-electron chi connectivity index (χ4n) is 2.52. The maximum Gasteiger partial charge on any atom is 0.0225 e. The lowest BCUT2D eigenvalue weighted by Gasteiger charge is -2.26. The summed E-state index contributed by atoms with van der Waals surface area (Å²) in [5.74, 6) is 0. The van der Waals surface area contributed by atoms with E-state index in [9.17, 15) is 0 Å². The summed E-state index contributed by atoms with van der Waals surface area (Å²) >= 11 is 0. The van der Waals surface area contributed by atoms with Crippen LogP contribution in [0.5, 0.6) is 0 Å². The van der Waals surface area contributed by atoms with Gasteiger partial charge in [-0.3, -0.25) is 0 Å². The quantitative estimate of drug-likeness (QED) is 0.760. The van der Waals surface area contributed by atoms with Crippen LogP contribution in [0.2, 0.25) is 0 Å². The Morgan fingerprint density at radius 3 is 2.52 bits per heavy atom. The van der Waals surface area contributed by atoms with Crippen LogP contribution in [0.4, 0.5) is 0 Å². The van der Waals surface area contributed by atoms with Crippen molar-refractivity contribution >= 4 is 0 Å². The molecule has 1 N–H and O–H groups in total. The Morgan fingerprint density at radius 1 is 1.05 bits per heavy atom. The maximum absolute atomic E-state index is 3.69. The molecule has 0 saturated carbocycles. The average Bonchev–Trinajstić information content (AvgIpc) is 2.93. The minimum absolute atomic E-state index is 0.155. The molecule has 2 rings (SSSR count). The smallest absolute Gasteiger partial charge is 0.0225 e. The minimum Gasteiger partial charge on any atom is -0.354 e. The van der Waals surface area contributed by atoms with Crippen molar-refractivity contribution in [3.63, 3.8) is 0 Å². The minimum atomic E-state index is 0.155. The summed E-state index contributed by atoms with van der Waals surface area (Å²) in [5, 5.41) is 3.69. The van der Waals surface area contributed by atoms with Crippen molar-refractivity contribution < 1.29 is 0 Å². The lowest BCUT2D eigenvalue weighted by molar-refractivity contribution is 0.360. The van der Waals surface area contributed by atoms with Crippen molar-refractivity contribution in [3.05, 3.63) is 59.9 Å². The highest BCUT2D eigenvalue weighted by molar-refractivity contribution is 5.15. The van der Waals surface area contributed by atoms with E-state index in [1.54, 1.807) is 0 Å². The number of hydrogen-bond acceptors (Lipinski definition) is 1. The topological polar surface area (TPSA) is 17.0 Å². The third-order valence-electron chi connectivity index (χ3n) is 3.95. The van der Waals surface area contributed by atoms with Gasteiger partial charge in [-0.1, -0.05) is 37.3 Å². The van der Waals surface area contributed by atoms with Gasteiger partial charge in [0, 0.05) is 31.0 Å². The maximum atomic E-state index is 3.69. The molecule has 2 aromatic rings. The number of hydrogen-bond donors (Lipinski definition) is 1. The SMILES string of the molecule is CCCn1ccc(CNC(C)(C)CCc2ccccc2)c1. The standard InChI is InChI=1S/C19H28N2/c1-4-13-21-14-11-18(16-21)15-20-19(2,3)12-10-17-8-6-5-7-9-17/h5-9,11,14,16,20H,4,10,12-13,15H2,1-3H3. The van der Waals surface area contributed by atoms with Crippen LogP contribution in [0.15, 0.2) is 48.8 Å². The van der Waals surface area contributed by atoms with E-state index in [-0.39, 0.29) is 5.54 Å². The van der Waals surface area contributed by atoms with Gasteiger partial charge in [0.2, 0.25) is 0 Å². The molecule has 0 fully saturated rings. The van der Waals surface area contributed by atoms with Crippen LogP contribution in [0.3, 0.4) is 0 Å². The van der Waals surface area contributed by atoms with Crippen LogP contribution in [0.25, 0.3) is 0 Å². The molecule has 0 bridgehead atoms. The van der Waals surface area contributed by atoms with Gasteiger partial charge < -0.3 is 9.88 Å². The molecule has 0 aliphatic carbocycles. The first-order valence-corrected chi connectivity index (χ1v) is 8.03. The van der Waals surface area contributed by atoms with E-state index in [1.165, 1.54) is 17.5 Å². The molecule has 114 valence electrons. The molecule has 0 amide bonds. The predicted octanol–water partition coefficient (Wildman–Crippen LogP) is 4.40. The van der Waals surface area contributed by atoms with Gasteiger partial charge in [0.1, 0.15) is 0 Å². The molecule has 0 unspecified atom stereocenters. The Balaban J connectivity index is 1.80. The molecule has 1 aromatic heterocycles. The van der Waals surface area contributed by atoms with Crippen LogP contribution in [-0.2, 0) is 19.5 Å². The van der Waals surface area contributed by atoms with E-state index in [0.29, 0.717) is 0 Å². The summed E-state index contributed by atoms with van der Waals surface area (Å²) in [7, 11) is 0. The number of rotatable bonds is 8. The van der Waals surface area contributed by atoms with Crippen molar-refractivity contribution in [1.29, 1.82) is 0 Å². The highest BCUT2D eigenvalue weighted by atomic mass is 15.0. The molecule has 0 aliphatic heterocycles. The Morgan fingerprint density at radius 2 is 1.81 bits per heavy atom. The molecule has 0 saturated heterocycles. The highest BCUT2D eigenvalue weighted by Gasteiger charge is 2.16. The Bertz CT molecular complexity index is 526. The Kier molecular flexibility index (Phi) is 5.63. The van der Waals surface area contributed by atoms with Crippen molar-refractivity contribution in [1.82, 2.24) is 9.88 Å². The summed E-state index contributed by atoms with van der Waals surface area (Å²) in [5.41, 5.74) is 2.95. The molecular formula is C19H28N2. The third-order valence-corrected chi connectivity index (χ3v) is 3.95. The normalized spacial score (nSPS) is 11.8. The van der Waals surface area contributed by atoms with Crippen molar-refractivity contribution in [2.24, 2.45) is 0 Å². The second kappa shape index (κ2) is 7.46. The number of nitrogens with zero attached hydrogens (tertiary/aromatic N) is 1. The summed E-state index contributed by atoms with van der Waals surface area (Å²) in [4.78, 5) is 0. The first-order valence-electron chi connectivity index (χ1n) is 8.03. The van der Waals surface area contributed by atoms with Crippen molar-refractivity contribution in [2.45, 2.75) is 58.7 Å². The zero-order valence-corrected chi connectivity index (χ0v) is 13.6. The molecule has 0 radical (unpaired) electrons.